The number of pyridine rings is 1. The number of hydrogen-bond donors (Lipinski definition) is 3. The van der Waals surface area contributed by atoms with Crippen molar-refractivity contribution in [2.75, 3.05) is 5.32 Å². The number of aromatic nitrogens is 1. The molecule has 1 aliphatic rings. The Balaban J connectivity index is 1.79. The molecule has 1 atom stereocenters. The second-order valence-electron chi connectivity index (χ2n) is 6.51. The molecule has 3 rings (SSSR count). The molecular formula is C18H15F3N4O4. The number of urea groups is 1. The van der Waals surface area contributed by atoms with Crippen LogP contribution in [-0.4, -0.2) is 22.4 Å². The number of imide groups is 1. The Morgan fingerprint density at radius 3 is 2.52 bits per heavy atom. The quantitative estimate of drug-likeness (QED) is 0.667. The number of benzene rings is 1. The highest BCUT2D eigenvalue weighted by atomic mass is 19.4. The summed E-state index contributed by atoms with van der Waals surface area (Å²) in [5.41, 5.74) is -3.42. The monoisotopic (exact) mass is 408 g/mol. The number of carbonyl (C=O) groups is 3. The fraction of sp³-hybridized carbons (Fsp3) is 0.222. The highest BCUT2D eigenvalue weighted by Gasteiger charge is 2.43. The highest BCUT2D eigenvalue weighted by Crippen LogP contribution is 2.27. The maximum Gasteiger partial charge on any atom is 0.421 e. The first kappa shape index (κ1) is 20.1. The lowest BCUT2D eigenvalue weighted by Gasteiger charge is -2.21. The van der Waals surface area contributed by atoms with Crippen molar-refractivity contribution in [1.29, 1.82) is 0 Å². The van der Waals surface area contributed by atoms with Crippen LogP contribution in [0.3, 0.4) is 0 Å². The summed E-state index contributed by atoms with van der Waals surface area (Å²) in [6.07, 6.45) is -3.75. The third-order valence-electron chi connectivity index (χ3n) is 4.41. The van der Waals surface area contributed by atoms with Crippen LogP contribution in [0.15, 0.2) is 47.4 Å². The van der Waals surface area contributed by atoms with Gasteiger partial charge in [-0.05, 0) is 36.8 Å². The summed E-state index contributed by atoms with van der Waals surface area (Å²) >= 11 is 0. The molecule has 1 aromatic heterocycles. The Hall–Kier alpha value is -3.63. The molecule has 1 saturated heterocycles. The number of amides is 4. The molecule has 0 saturated carbocycles. The van der Waals surface area contributed by atoms with Gasteiger partial charge < -0.3 is 15.2 Å². The van der Waals surface area contributed by atoms with Crippen LogP contribution in [0.1, 0.15) is 18.1 Å². The first-order chi connectivity index (χ1) is 13.5. The van der Waals surface area contributed by atoms with Gasteiger partial charge in [0.1, 0.15) is 17.6 Å². The Labute approximate surface area is 161 Å². The zero-order valence-corrected chi connectivity index (χ0v) is 15.0. The number of hydrogen-bond acceptors (Lipinski definition) is 4. The average Bonchev–Trinajstić information content (AvgIpc) is 2.89. The van der Waals surface area contributed by atoms with Crippen LogP contribution in [0.2, 0.25) is 0 Å². The first-order valence-corrected chi connectivity index (χ1v) is 8.31. The number of rotatable bonds is 4. The van der Waals surface area contributed by atoms with Crippen LogP contribution in [0.5, 0.6) is 0 Å². The number of carbonyl (C=O) groups excluding carboxylic acids is 3. The van der Waals surface area contributed by atoms with Crippen molar-refractivity contribution in [2.24, 2.45) is 0 Å². The van der Waals surface area contributed by atoms with Gasteiger partial charge in [0.2, 0.25) is 5.91 Å². The largest absolute Gasteiger partial charge is 0.421 e. The van der Waals surface area contributed by atoms with Crippen molar-refractivity contribution >= 4 is 23.5 Å². The van der Waals surface area contributed by atoms with Crippen LogP contribution in [0.25, 0.3) is 0 Å². The van der Waals surface area contributed by atoms with Crippen LogP contribution >= 0.6 is 0 Å². The molecular weight excluding hydrogens is 393 g/mol. The van der Waals surface area contributed by atoms with Crippen molar-refractivity contribution in [3.05, 3.63) is 64.1 Å². The van der Waals surface area contributed by atoms with E-state index in [1.165, 1.54) is 25.1 Å². The molecule has 1 unspecified atom stereocenters. The summed E-state index contributed by atoms with van der Waals surface area (Å²) in [6.45, 7) is 0.845. The summed E-state index contributed by atoms with van der Waals surface area (Å²) < 4.78 is 39.1. The van der Waals surface area contributed by atoms with Crippen molar-refractivity contribution in [2.45, 2.75) is 25.2 Å². The van der Waals surface area contributed by atoms with Crippen molar-refractivity contribution in [1.82, 2.24) is 15.2 Å². The third-order valence-corrected chi connectivity index (χ3v) is 4.41. The SMILES string of the molecule is CC1(c2cccc(NC(=O)Cn3cccc(C(F)(F)F)c3=O)c2)NC(=O)NC1=O. The van der Waals surface area contributed by atoms with E-state index < -0.39 is 47.2 Å². The van der Waals surface area contributed by atoms with E-state index in [1.807, 2.05) is 0 Å². The summed E-state index contributed by atoms with van der Waals surface area (Å²) in [4.78, 5) is 47.6. The zero-order valence-electron chi connectivity index (χ0n) is 15.0. The molecule has 0 spiro atoms. The smallest absolute Gasteiger partial charge is 0.325 e. The fourth-order valence-electron chi connectivity index (χ4n) is 2.89. The molecule has 3 N–H and O–H groups in total. The lowest BCUT2D eigenvalue weighted by Crippen LogP contribution is -2.40. The molecule has 8 nitrogen and oxygen atoms in total. The van der Waals surface area contributed by atoms with E-state index >= 15 is 0 Å². The summed E-state index contributed by atoms with van der Waals surface area (Å²) in [6, 6.07) is 7.05. The van der Waals surface area contributed by atoms with E-state index in [4.69, 9.17) is 0 Å². The lowest BCUT2D eigenvalue weighted by atomic mass is 9.92. The van der Waals surface area contributed by atoms with Gasteiger partial charge in [-0.25, -0.2) is 4.79 Å². The predicted octanol–water partition coefficient (Wildman–Crippen LogP) is 1.56. The Morgan fingerprint density at radius 2 is 1.90 bits per heavy atom. The minimum Gasteiger partial charge on any atom is -0.325 e. The number of nitrogens with zero attached hydrogens (tertiary/aromatic N) is 1. The van der Waals surface area contributed by atoms with E-state index in [0.717, 1.165) is 12.3 Å². The van der Waals surface area contributed by atoms with Crippen molar-refractivity contribution in [3.8, 4) is 0 Å². The molecule has 2 aromatic rings. The Bertz CT molecular complexity index is 1060. The Kier molecular flexibility index (Phi) is 4.91. The second-order valence-corrected chi connectivity index (χ2v) is 6.51. The van der Waals surface area contributed by atoms with Gasteiger partial charge in [-0.2, -0.15) is 13.2 Å². The molecule has 11 heteroatoms. The minimum atomic E-state index is -4.83. The predicted molar refractivity (Wildman–Crippen MR) is 94.8 cm³/mol. The minimum absolute atomic E-state index is 0.239. The molecule has 0 bridgehead atoms. The molecule has 29 heavy (non-hydrogen) atoms. The second kappa shape index (κ2) is 7.08. The van der Waals surface area contributed by atoms with E-state index in [9.17, 15) is 32.3 Å². The average molecular weight is 408 g/mol. The normalized spacial score (nSPS) is 18.9. The van der Waals surface area contributed by atoms with Crippen molar-refractivity contribution in [3.63, 3.8) is 0 Å². The van der Waals surface area contributed by atoms with Crippen LogP contribution in [0, 0.1) is 0 Å². The van der Waals surface area contributed by atoms with E-state index in [1.54, 1.807) is 6.07 Å². The standard InChI is InChI=1S/C18H15F3N4O4/c1-17(15(28)23-16(29)24-17)10-4-2-5-11(8-10)22-13(26)9-25-7-3-6-12(14(25)27)18(19,20)21/h2-8H,9H2,1H3,(H,22,26)(H2,23,24,28,29). The number of halogens is 3. The van der Waals surface area contributed by atoms with Gasteiger partial charge in [-0.15, -0.1) is 0 Å². The molecule has 4 amide bonds. The van der Waals surface area contributed by atoms with Crippen LogP contribution in [0.4, 0.5) is 23.7 Å². The van der Waals surface area contributed by atoms with E-state index in [-0.39, 0.29) is 5.69 Å². The molecule has 1 aromatic carbocycles. The third kappa shape index (κ3) is 3.98. The maximum absolute atomic E-state index is 12.8. The number of alkyl halides is 3. The first-order valence-electron chi connectivity index (χ1n) is 8.31. The van der Waals surface area contributed by atoms with Gasteiger partial charge in [0.05, 0.1) is 0 Å². The van der Waals surface area contributed by atoms with Gasteiger partial charge in [0.15, 0.2) is 0 Å². The number of anilines is 1. The van der Waals surface area contributed by atoms with E-state index in [0.29, 0.717) is 16.2 Å². The topological polar surface area (TPSA) is 109 Å². The van der Waals surface area contributed by atoms with E-state index in [2.05, 4.69) is 16.0 Å². The Morgan fingerprint density at radius 1 is 1.17 bits per heavy atom. The van der Waals surface area contributed by atoms with Gasteiger partial charge in [0, 0.05) is 11.9 Å². The van der Waals surface area contributed by atoms with Gasteiger partial charge >= 0.3 is 12.2 Å². The molecule has 0 aliphatic carbocycles. The molecule has 1 fully saturated rings. The maximum atomic E-state index is 12.8. The van der Waals surface area contributed by atoms with Crippen LogP contribution in [-0.2, 0) is 27.8 Å². The summed E-state index contributed by atoms with van der Waals surface area (Å²) in [5, 5.41) is 7.06. The summed E-state index contributed by atoms with van der Waals surface area (Å²) in [5.74, 6) is -1.31. The molecule has 2 heterocycles. The van der Waals surface area contributed by atoms with Gasteiger partial charge in [0.25, 0.3) is 11.5 Å². The summed E-state index contributed by atoms with van der Waals surface area (Å²) in [7, 11) is 0. The van der Waals surface area contributed by atoms with Crippen molar-refractivity contribution < 1.29 is 27.6 Å². The van der Waals surface area contributed by atoms with Crippen LogP contribution < -0.4 is 21.5 Å². The molecule has 1 aliphatic heterocycles. The lowest BCUT2D eigenvalue weighted by molar-refractivity contribution is -0.139. The zero-order chi connectivity index (χ0) is 21.4. The highest BCUT2D eigenvalue weighted by molar-refractivity contribution is 6.07. The fourth-order valence-corrected chi connectivity index (χ4v) is 2.89. The molecule has 0 radical (unpaired) electrons. The number of nitrogens with one attached hydrogen (secondary N) is 3. The van der Waals surface area contributed by atoms with Gasteiger partial charge in [-0.3, -0.25) is 19.7 Å². The molecule has 152 valence electrons. The van der Waals surface area contributed by atoms with Gasteiger partial charge in [-0.1, -0.05) is 12.1 Å².